The van der Waals surface area contributed by atoms with Crippen molar-refractivity contribution in [1.29, 1.82) is 0 Å². The van der Waals surface area contributed by atoms with Crippen LogP contribution in [0.25, 0.3) is 0 Å². The molecule has 0 aliphatic carbocycles. The Labute approximate surface area is 73.1 Å². The Morgan fingerprint density at radius 1 is 1.91 bits per heavy atom. The first-order chi connectivity index (χ1) is 5.15. The maximum absolute atomic E-state index is 9.29. The van der Waals surface area contributed by atoms with Gasteiger partial charge in [0.05, 0.1) is 4.47 Å². The largest absolute Gasteiger partial charge is 0.385 e. The van der Waals surface area contributed by atoms with Gasteiger partial charge in [0, 0.05) is 19.8 Å². The Morgan fingerprint density at radius 3 is 2.91 bits per heavy atom. The van der Waals surface area contributed by atoms with Crippen LogP contribution in [0.3, 0.4) is 0 Å². The fourth-order valence-electron chi connectivity index (χ4n) is 0.814. The third-order valence-electron chi connectivity index (χ3n) is 1.35. The number of nitrogens with zero attached hydrogens (tertiary/aromatic N) is 2. The van der Waals surface area contributed by atoms with Crippen molar-refractivity contribution in [2.45, 2.75) is 6.10 Å². The molecule has 1 atom stereocenters. The van der Waals surface area contributed by atoms with Gasteiger partial charge in [0.1, 0.15) is 11.8 Å². The van der Waals surface area contributed by atoms with E-state index < -0.39 is 6.10 Å². The van der Waals surface area contributed by atoms with Crippen molar-refractivity contribution in [3.8, 4) is 0 Å². The van der Waals surface area contributed by atoms with Crippen LogP contribution >= 0.6 is 15.9 Å². The Morgan fingerprint density at radius 2 is 2.55 bits per heavy atom. The molecule has 62 valence electrons. The highest BCUT2D eigenvalue weighted by molar-refractivity contribution is 9.10. The number of halogens is 1. The highest BCUT2D eigenvalue weighted by atomic mass is 79.9. The summed E-state index contributed by atoms with van der Waals surface area (Å²) >= 11 is 3.26. The van der Waals surface area contributed by atoms with Gasteiger partial charge in [0.2, 0.25) is 0 Å². The number of hydrogen-bond donors (Lipinski definition) is 2. The standard InChI is InChI=1S/C6H10BrN3O/c1-10-3-4(7)6(9-10)5(11)2-8/h3,5,11H,2,8H2,1H3. The van der Waals surface area contributed by atoms with E-state index in [0.29, 0.717) is 5.69 Å². The number of rotatable bonds is 2. The highest BCUT2D eigenvalue weighted by Gasteiger charge is 2.12. The molecule has 0 fully saturated rings. The van der Waals surface area contributed by atoms with Gasteiger partial charge in [-0.25, -0.2) is 0 Å². The van der Waals surface area contributed by atoms with Gasteiger partial charge < -0.3 is 10.8 Å². The van der Waals surface area contributed by atoms with Gasteiger partial charge in [-0.2, -0.15) is 5.10 Å². The third kappa shape index (κ3) is 1.79. The quantitative estimate of drug-likeness (QED) is 0.746. The summed E-state index contributed by atoms with van der Waals surface area (Å²) in [6.45, 7) is 0.190. The fraction of sp³-hybridized carbons (Fsp3) is 0.500. The van der Waals surface area contributed by atoms with Gasteiger partial charge in [0.25, 0.3) is 0 Å². The average molecular weight is 220 g/mol. The maximum atomic E-state index is 9.29. The van der Waals surface area contributed by atoms with Crippen molar-refractivity contribution in [2.75, 3.05) is 6.54 Å². The van der Waals surface area contributed by atoms with E-state index in [4.69, 9.17) is 5.73 Å². The van der Waals surface area contributed by atoms with Crippen molar-refractivity contribution < 1.29 is 5.11 Å². The van der Waals surface area contributed by atoms with Crippen LogP contribution in [0.2, 0.25) is 0 Å². The molecule has 0 amide bonds. The molecule has 0 aromatic carbocycles. The topological polar surface area (TPSA) is 64.1 Å². The first kappa shape index (κ1) is 8.70. The van der Waals surface area contributed by atoms with E-state index >= 15 is 0 Å². The monoisotopic (exact) mass is 219 g/mol. The van der Waals surface area contributed by atoms with Crippen molar-refractivity contribution >= 4 is 15.9 Å². The summed E-state index contributed by atoms with van der Waals surface area (Å²) in [5.74, 6) is 0. The number of aromatic nitrogens is 2. The van der Waals surface area contributed by atoms with E-state index in [-0.39, 0.29) is 6.54 Å². The predicted octanol–water partition coefficient (Wildman–Crippen LogP) is 0.175. The van der Waals surface area contributed by atoms with Gasteiger partial charge in [-0.05, 0) is 15.9 Å². The van der Waals surface area contributed by atoms with Crippen LogP contribution in [-0.2, 0) is 7.05 Å². The van der Waals surface area contributed by atoms with Crippen LogP contribution in [-0.4, -0.2) is 21.4 Å². The van der Waals surface area contributed by atoms with Crippen molar-refractivity contribution in [2.24, 2.45) is 12.8 Å². The van der Waals surface area contributed by atoms with Gasteiger partial charge >= 0.3 is 0 Å². The molecule has 1 heterocycles. The zero-order chi connectivity index (χ0) is 8.43. The maximum Gasteiger partial charge on any atom is 0.111 e. The van der Waals surface area contributed by atoms with E-state index in [0.717, 1.165) is 4.47 Å². The van der Waals surface area contributed by atoms with Crippen LogP contribution < -0.4 is 5.73 Å². The first-order valence-corrected chi connectivity index (χ1v) is 4.01. The van der Waals surface area contributed by atoms with Crippen molar-refractivity contribution in [3.05, 3.63) is 16.4 Å². The molecule has 1 unspecified atom stereocenters. The van der Waals surface area contributed by atoms with Crippen LogP contribution in [0.5, 0.6) is 0 Å². The number of nitrogens with two attached hydrogens (primary N) is 1. The van der Waals surface area contributed by atoms with Gasteiger partial charge in [-0.3, -0.25) is 4.68 Å². The molecule has 1 rings (SSSR count). The minimum absolute atomic E-state index is 0.190. The summed E-state index contributed by atoms with van der Waals surface area (Å²) in [4.78, 5) is 0. The molecule has 0 aliphatic heterocycles. The molecule has 1 aromatic rings. The molecular weight excluding hydrogens is 210 g/mol. The first-order valence-electron chi connectivity index (χ1n) is 3.22. The van der Waals surface area contributed by atoms with E-state index in [1.807, 2.05) is 0 Å². The summed E-state index contributed by atoms with van der Waals surface area (Å²) in [7, 11) is 1.79. The van der Waals surface area contributed by atoms with Crippen LogP contribution in [0.15, 0.2) is 10.7 Å². The molecular formula is C6H10BrN3O. The Kier molecular flexibility index (Phi) is 2.64. The number of aliphatic hydroxyl groups excluding tert-OH is 1. The normalized spacial score (nSPS) is 13.5. The summed E-state index contributed by atoms with van der Waals surface area (Å²) in [5, 5.41) is 13.3. The lowest BCUT2D eigenvalue weighted by Crippen LogP contribution is -2.12. The smallest absolute Gasteiger partial charge is 0.111 e. The molecule has 0 saturated heterocycles. The van der Waals surface area contributed by atoms with Crippen LogP contribution in [0.1, 0.15) is 11.8 Å². The Hall–Kier alpha value is -0.390. The van der Waals surface area contributed by atoms with Gasteiger partial charge in [0.15, 0.2) is 0 Å². The zero-order valence-electron chi connectivity index (χ0n) is 6.16. The van der Waals surface area contributed by atoms with Gasteiger partial charge in [-0.1, -0.05) is 0 Å². The Balaban J connectivity index is 2.93. The minimum atomic E-state index is -0.675. The van der Waals surface area contributed by atoms with E-state index in [1.54, 1.807) is 17.9 Å². The lowest BCUT2D eigenvalue weighted by molar-refractivity contribution is 0.180. The predicted molar refractivity (Wildman–Crippen MR) is 44.9 cm³/mol. The molecule has 0 saturated carbocycles. The lowest BCUT2D eigenvalue weighted by Gasteiger charge is -2.02. The van der Waals surface area contributed by atoms with Crippen molar-refractivity contribution in [1.82, 2.24) is 9.78 Å². The molecule has 0 bridgehead atoms. The van der Waals surface area contributed by atoms with E-state index in [2.05, 4.69) is 21.0 Å². The second kappa shape index (κ2) is 3.34. The van der Waals surface area contributed by atoms with Crippen molar-refractivity contribution in [3.63, 3.8) is 0 Å². The second-order valence-electron chi connectivity index (χ2n) is 2.29. The lowest BCUT2D eigenvalue weighted by atomic mass is 10.3. The molecule has 4 nitrogen and oxygen atoms in total. The molecule has 0 aliphatic rings. The van der Waals surface area contributed by atoms with Crippen LogP contribution in [0, 0.1) is 0 Å². The SMILES string of the molecule is Cn1cc(Br)c(C(O)CN)n1. The average Bonchev–Trinajstić information content (AvgIpc) is 2.28. The number of hydrogen-bond acceptors (Lipinski definition) is 3. The fourth-order valence-corrected chi connectivity index (χ4v) is 1.45. The third-order valence-corrected chi connectivity index (χ3v) is 1.96. The summed E-state index contributed by atoms with van der Waals surface area (Å²) in [6, 6.07) is 0. The molecule has 3 N–H and O–H groups in total. The molecule has 1 aromatic heterocycles. The molecule has 5 heteroatoms. The molecule has 0 spiro atoms. The second-order valence-corrected chi connectivity index (χ2v) is 3.14. The van der Waals surface area contributed by atoms with Crippen LogP contribution in [0.4, 0.5) is 0 Å². The van der Waals surface area contributed by atoms with Gasteiger partial charge in [-0.15, -0.1) is 0 Å². The summed E-state index contributed by atoms with van der Waals surface area (Å²) in [5.41, 5.74) is 5.85. The number of aliphatic hydroxyl groups is 1. The summed E-state index contributed by atoms with van der Waals surface area (Å²) < 4.78 is 2.41. The minimum Gasteiger partial charge on any atom is -0.385 e. The highest BCUT2D eigenvalue weighted by Crippen LogP contribution is 2.20. The zero-order valence-corrected chi connectivity index (χ0v) is 7.74. The molecule has 0 radical (unpaired) electrons. The van der Waals surface area contributed by atoms with E-state index in [1.165, 1.54) is 0 Å². The Bertz CT molecular complexity index is 248. The van der Waals surface area contributed by atoms with E-state index in [9.17, 15) is 5.11 Å². The summed E-state index contributed by atoms with van der Waals surface area (Å²) in [6.07, 6.45) is 1.10. The number of aryl methyl sites for hydroxylation is 1. The molecule has 11 heavy (non-hydrogen) atoms.